The van der Waals surface area contributed by atoms with Gasteiger partial charge in [-0.05, 0) is 36.0 Å². The van der Waals surface area contributed by atoms with Crippen molar-refractivity contribution in [2.24, 2.45) is 0 Å². The normalized spacial score (nSPS) is 17.2. The van der Waals surface area contributed by atoms with E-state index in [1.165, 1.54) is 18.1 Å². The first-order valence-electron chi connectivity index (χ1n) is 8.82. The molecule has 2 amide bonds. The predicted octanol–water partition coefficient (Wildman–Crippen LogP) is 3.45. The van der Waals surface area contributed by atoms with Gasteiger partial charge >= 0.3 is 0 Å². The van der Waals surface area contributed by atoms with Crippen LogP contribution in [0.15, 0.2) is 54.6 Å². The molecule has 0 saturated heterocycles. The summed E-state index contributed by atoms with van der Waals surface area (Å²) in [6.45, 7) is 1.48. The molecule has 0 heterocycles. The molecule has 0 aliphatic heterocycles. The highest BCUT2D eigenvalue weighted by Crippen LogP contribution is 2.29. The van der Waals surface area contributed by atoms with Gasteiger partial charge in [0, 0.05) is 6.92 Å². The van der Waals surface area contributed by atoms with E-state index in [4.69, 9.17) is 0 Å². The molecule has 1 aliphatic carbocycles. The summed E-state index contributed by atoms with van der Waals surface area (Å²) in [5.74, 6) is -0.172. The van der Waals surface area contributed by atoms with Crippen LogP contribution in [0.3, 0.4) is 0 Å². The Balaban J connectivity index is 1.69. The Morgan fingerprint density at radius 1 is 1.08 bits per heavy atom. The van der Waals surface area contributed by atoms with E-state index >= 15 is 0 Å². The number of hydrogen-bond acceptors (Lipinski definition) is 2. The first kappa shape index (κ1) is 17.2. The van der Waals surface area contributed by atoms with Crippen LogP contribution in [-0.4, -0.2) is 11.8 Å². The summed E-state index contributed by atoms with van der Waals surface area (Å²) in [6.07, 6.45) is 3.35. The second-order valence-corrected chi connectivity index (χ2v) is 6.58. The molecule has 0 spiro atoms. The summed E-state index contributed by atoms with van der Waals surface area (Å²) >= 11 is 0. The van der Waals surface area contributed by atoms with Gasteiger partial charge in [-0.25, -0.2) is 0 Å². The van der Waals surface area contributed by atoms with E-state index in [1.54, 1.807) is 0 Å². The molecule has 0 fully saturated rings. The zero-order valence-corrected chi connectivity index (χ0v) is 14.5. The van der Waals surface area contributed by atoms with Crippen molar-refractivity contribution in [2.45, 2.75) is 44.7 Å². The van der Waals surface area contributed by atoms with E-state index in [9.17, 15) is 9.59 Å². The van der Waals surface area contributed by atoms with Gasteiger partial charge < -0.3 is 10.6 Å². The number of carbonyl (C=O) groups excluding carboxylic acids is 2. The monoisotopic (exact) mass is 336 g/mol. The van der Waals surface area contributed by atoms with Crippen LogP contribution in [0.5, 0.6) is 0 Å². The van der Waals surface area contributed by atoms with Crippen LogP contribution in [0.25, 0.3) is 0 Å². The Bertz CT molecular complexity index is 743. The zero-order valence-electron chi connectivity index (χ0n) is 14.5. The molecular formula is C21H24N2O2. The third-order valence-electron chi connectivity index (χ3n) is 4.67. The van der Waals surface area contributed by atoms with Gasteiger partial charge in [0.25, 0.3) is 0 Å². The van der Waals surface area contributed by atoms with Crippen molar-refractivity contribution in [1.29, 1.82) is 0 Å². The zero-order chi connectivity index (χ0) is 17.6. The van der Waals surface area contributed by atoms with E-state index in [1.807, 2.05) is 42.5 Å². The molecule has 130 valence electrons. The fourth-order valence-electron chi connectivity index (χ4n) is 3.53. The summed E-state index contributed by atoms with van der Waals surface area (Å²) in [5, 5.41) is 6.04. The molecular weight excluding hydrogens is 312 g/mol. The van der Waals surface area contributed by atoms with Gasteiger partial charge in [-0.15, -0.1) is 0 Å². The summed E-state index contributed by atoms with van der Waals surface area (Å²) in [5.41, 5.74) is 3.48. The van der Waals surface area contributed by atoms with Crippen molar-refractivity contribution >= 4 is 11.8 Å². The van der Waals surface area contributed by atoms with Gasteiger partial charge in [-0.3, -0.25) is 9.59 Å². The first-order chi connectivity index (χ1) is 12.1. The number of carbonyl (C=O) groups is 2. The lowest BCUT2D eigenvalue weighted by Gasteiger charge is -2.27. The highest BCUT2D eigenvalue weighted by Gasteiger charge is 2.23. The van der Waals surface area contributed by atoms with Crippen LogP contribution in [0.1, 0.15) is 55.0 Å². The third-order valence-corrected chi connectivity index (χ3v) is 4.67. The third kappa shape index (κ3) is 4.47. The van der Waals surface area contributed by atoms with Crippen molar-refractivity contribution in [1.82, 2.24) is 10.6 Å². The number of amides is 2. The van der Waals surface area contributed by atoms with E-state index in [0.717, 1.165) is 24.8 Å². The molecule has 2 aromatic rings. The first-order valence-corrected chi connectivity index (χ1v) is 8.82. The largest absolute Gasteiger partial charge is 0.349 e. The van der Waals surface area contributed by atoms with Crippen molar-refractivity contribution in [3.05, 3.63) is 71.3 Å². The molecule has 4 heteroatoms. The molecule has 2 atom stereocenters. The van der Waals surface area contributed by atoms with Gasteiger partial charge in [0.15, 0.2) is 0 Å². The average Bonchev–Trinajstić information content (AvgIpc) is 2.62. The Labute approximate surface area is 148 Å². The highest BCUT2D eigenvalue weighted by atomic mass is 16.2. The number of nitrogens with one attached hydrogen (secondary N) is 2. The number of fused-ring (bicyclic) bond motifs is 1. The lowest BCUT2D eigenvalue weighted by atomic mass is 9.87. The average molecular weight is 336 g/mol. The topological polar surface area (TPSA) is 58.2 Å². The highest BCUT2D eigenvalue weighted by molar-refractivity contribution is 5.79. The molecule has 4 nitrogen and oxygen atoms in total. The summed E-state index contributed by atoms with van der Waals surface area (Å²) in [7, 11) is 0. The molecule has 2 aromatic carbocycles. The molecule has 0 radical (unpaired) electrons. The summed E-state index contributed by atoms with van der Waals surface area (Å²) in [6, 6.07) is 17.7. The second-order valence-electron chi connectivity index (χ2n) is 6.58. The Kier molecular flexibility index (Phi) is 5.49. The molecule has 0 saturated carbocycles. The van der Waals surface area contributed by atoms with Crippen molar-refractivity contribution in [3.8, 4) is 0 Å². The van der Waals surface area contributed by atoms with Gasteiger partial charge in [-0.1, -0.05) is 54.6 Å². The van der Waals surface area contributed by atoms with Gasteiger partial charge in [0.2, 0.25) is 11.8 Å². The fraction of sp³-hybridized carbons (Fsp3) is 0.333. The number of rotatable bonds is 5. The molecule has 2 N–H and O–H groups in total. The van der Waals surface area contributed by atoms with Crippen LogP contribution >= 0.6 is 0 Å². The van der Waals surface area contributed by atoms with Crippen molar-refractivity contribution in [2.75, 3.05) is 0 Å². The maximum atomic E-state index is 12.6. The Hall–Kier alpha value is -2.62. The van der Waals surface area contributed by atoms with E-state index in [2.05, 4.69) is 22.8 Å². The van der Waals surface area contributed by atoms with Crippen LogP contribution in [-0.2, 0) is 16.0 Å². The number of hydrogen-bond donors (Lipinski definition) is 2. The SMILES string of the molecule is CC(=O)N[C@@H](CC(=O)N[C@H]1CCCc2ccccc21)c1ccccc1. The maximum absolute atomic E-state index is 12.6. The van der Waals surface area contributed by atoms with Crippen molar-refractivity contribution in [3.63, 3.8) is 0 Å². The quantitative estimate of drug-likeness (QED) is 0.878. The summed E-state index contributed by atoms with van der Waals surface area (Å²) in [4.78, 5) is 24.1. The maximum Gasteiger partial charge on any atom is 0.222 e. The van der Waals surface area contributed by atoms with Gasteiger partial charge in [0.1, 0.15) is 0 Å². The number of aryl methyl sites for hydroxylation is 1. The molecule has 0 unspecified atom stereocenters. The smallest absolute Gasteiger partial charge is 0.222 e. The van der Waals surface area contributed by atoms with Crippen LogP contribution in [0, 0.1) is 0 Å². The molecule has 3 rings (SSSR count). The number of benzene rings is 2. The van der Waals surface area contributed by atoms with Gasteiger partial charge in [0.05, 0.1) is 18.5 Å². The lowest BCUT2D eigenvalue weighted by Crippen LogP contribution is -2.35. The van der Waals surface area contributed by atoms with Gasteiger partial charge in [-0.2, -0.15) is 0 Å². The minimum Gasteiger partial charge on any atom is -0.349 e. The minimum atomic E-state index is -0.308. The fourth-order valence-corrected chi connectivity index (χ4v) is 3.53. The van der Waals surface area contributed by atoms with Crippen LogP contribution in [0.4, 0.5) is 0 Å². The van der Waals surface area contributed by atoms with Crippen molar-refractivity contribution < 1.29 is 9.59 Å². The molecule has 25 heavy (non-hydrogen) atoms. The summed E-state index contributed by atoms with van der Waals surface area (Å²) < 4.78 is 0. The Morgan fingerprint density at radius 3 is 2.56 bits per heavy atom. The molecule has 1 aliphatic rings. The standard InChI is InChI=1S/C21H24N2O2/c1-15(24)22-20(17-9-3-2-4-10-17)14-21(25)23-19-13-7-11-16-8-5-6-12-18(16)19/h2-6,8-10,12,19-20H,7,11,13-14H2,1H3,(H,22,24)(H,23,25)/t19-,20-/m0/s1. The minimum absolute atomic E-state index is 0.0377. The van der Waals surface area contributed by atoms with E-state index in [-0.39, 0.29) is 30.3 Å². The lowest BCUT2D eigenvalue weighted by molar-refractivity contribution is -0.123. The molecule has 0 bridgehead atoms. The van der Waals surface area contributed by atoms with E-state index < -0.39 is 0 Å². The molecule has 0 aromatic heterocycles. The van der Waals surface area contributed by atoms with Crippen LogP contribution < -0.4 is 10.6 Å². The Morgan fingerprint density at radius 2 is 1.80 bits per heavy atom. The van der Waals surface area contributed by atoms with E-state index in [0.29, 0.717) is 0 Å². The predicted molar refractivity (Wildman–Crippen MR) is 97.9 cm³/mol. The van der Waals surface area contributed by atoms with Crippen LogP contribution in [0.2, 0.25) is 0 Å². The second kappa shape index (κ2) is 7.97.